The maximum atomic E-state index is 12.5. The highest BCUT2D eigenvalue weighted by Gasteiger charge is 2.34. The molecule has 0 spiro atoms. The number of hydrogen-bond donors (Lipinski definition) is 1. The summed E-state index contributed by atoms with van der Waals surface area (Å²) in [5.41, 5.74) is 5.65. The largest absolute Gasteiger partial charge is 0.329 e. The Morgan fingerprint density at radius 2 is 2.28 bits per heavy atom. The molecular formula is C11H16ClN3O2S. The number of hydrogen-bond acceptors (Lipinski definition) is 4. The third-order valence-corrected chi connectivity index (χ3v) is 5.45. The van der Waals surface area contributed by atoms with Gasteiger partial charge in [0.15, 0.2) is 5.03 Å². The van der Waals surface area contributed by atoms with Gasteiger partial charge in [0.1, 0.15) is 0 Å². The Bertz CT molecular complexity index is 521. The van der Waals surface area contributed by atoms with E-state index in [0.717, 1.165) is 19.3 Å². The number of nitrogens with zero attached hydrogens (tertiary/aromatic N) is 2. The predicted octanol–water partition coefficient (Wildman–Crippen LogP) is 1.24. The maximum absolute atomic E-state index is 12.5. The van der Waals surface area contributed by atoms with Crippen LogP contribution in [0, 0.1) is 0 Å². The fraction of sp³-hybridized carbons (Fsp3) is 0.545. The topological polar surface area (TPSA) is 76.3 Å². The van der Waals surface area contributed by atoms with Crippen molar-refractivity contribution in [2.75, 3.05) is 13.1 Å². The normalized spacial score (nSPS) is 22.0. The van der Waals surface area contributed by atoms with E-state index in [1.54, 1.807) is 6.07 Å². The molecule has 100 valence electrons. The molecule has 0 aliphatic carbocycles. The second kappa shape index (κ2) is 5.52. The van der Waals surface area contributed by atoms with Crippen LogP contribution in [0.25, 0.3) is 0 Å². The number of nitrogens with two attached hydrogens (primary N) is 1. The van der Waals surface area contributed by atoms with E-state index in [1.165, 1.54) is 16.6 Å². The van der Waals surface area contributed by atoms with Gasteiger partial charge in [-0.1, -0.05) is 18.0 Å². The number of halogens is 1. The van der Waals surface area contributed by atoms with Crippen LogP contribution in [0.1, 0.15) is 19.3 Å². The van der Waals surface area contributed by atoms with Gasteiger partial charge < -0.3 is 5.73 Å². The van der Waals surface area contributed by atoms with Gasteiger partial charge >= 0.3 is 0 Å². The van der Waals surface area contributed by atoms with Crippen LogP contribution in [0.5, 0.6) is 0 Å². The first-order valence-electron chi connectivity index (χ1n) is 5.90. The second-order valence-electron chi connectivity index (χ2n) is 4.29. The molecule has 0 aromatic carbocycles. The predicted molar refractivity (Wildman–Crippen MR) is 69.8 cm³/mol. The molecule has 0 bridgehead atoms. The average molecular weight is 290 g/mol. The van der Waals surface area contributed by atoms with Crippen molar-refractivity contribution in [2.45, 2.75) is 30.3 Å². The van der Waals surface area contributed by atoms with Crippen molar-refractivity contribution < 1.29 is 8.42 Å². The first-order valence-corrected chi connectivity index (χ1v) is 7.71. The molecule has 1 saturated heterocycles. The van der Waals surface area contributed by atoms with Crippen LogP contribution < -0.4 is 5.73 Å². The molecular weight excluding hydrogens is 274 g/mol. The van der Waals surface area contributed by atoms with Crippen LogP contribution in [-0.4, -0.2) is 36.8 Å². The minimum atomic E-state index is -3.64. The number of rotatable bonds is 3. The summed E-state index contributed by atoms with van der Waals surface area (Å²) in [6.45, 7) is 0.806. The molecule has 5 nitrogen and oxygen atoms in total. The quantitative estimate of drug-likeness (QED) is 0.908. The molecule has 1 aromatic heterocycles. The van der Waals surface area contributed by atoms with Gasteiger partial charge in [-0.3, -0.25) is 0 Å². The highest BCUT2D eigenvalue weighted by Crippen LogP contribution is 2.27. The zero-order valence-electron chi connectivity index (χ0n) is 9.92. The Morgan fingerprint density at radius 3 is 2.94 bits per heavy atom. The van der Waals surface area contributed by atoms with Crippen molar-refractivity contribution in [1.82, 2.24) is 9.29 Å². The molecule has 1 fully saturated rings. The smallest absolute Gasteiger partial charge is 0.262 e. The lowest BCUT2D eigenvalue weighted by atomic mass is 10.1. The Morgan fingerprint density at radius 1 is 1.50 bits per heavy atom. The number of piperidine rings is 1. The highest BCUT2D eigenvalue weighted by molar-refractivity contribution is 7.89. The summed E-state index contributed by atoms with van der Waals surface area (Å²) in [5, 5.41) is 0.0749. The van der Waals surface area contributed by atoms with Crippen LogP contribution >= 0.6 is 11.6 Å². The zero-order valence-corrected chi connectivity index (χ0v) is 11.5. The maximum Gasteiger partial charge on any atom is 0.262 e. The van der Waals surface area contributed by atoms with E-state index in [0.29, 0.717) is 13.1 Å². The van der Waals surface area contributed by atoms with Crippen molar-refractivity contribution in [1.29, 1.82) is 0 Å². The first-order chi connectivity index (χ1) is 8.57. The van der Waals surface area contributed by atoms with Gasteiger partial charge in [-0.05, 0) is 25.0 Å². The van der Waals surface area contributed by atoms with E-state index in [9.17, 15) is 8.42 Å². The van der Waals surface area contributed by atoms with Crippen molar-refractivity contribution in [3.8, 4) is 0 Å². The van der Waals surface area contributed by atoms with E-state index in [-0.39, 0.29) is 16.1 Å². The minimum absolute atomic E-state index is 0.0768. The Labute approximate surface area is 112 Å². The molecule has 1 atom stereocenters. The molecule has 2 rings (SSSR count). The summed E-state index contributed by atoms with van der Waals surface area (Å²) in [4.78, 5) is 3.89. The average Bonchev–Trinajstić information content (AvgIpc) is 2.39. The van der Waals surface area contributed by atoms with Crippen molar-refractivity contribution in [2.24, 2.45) is 5.73 Å². The Balaban J connectivity index is 2.39. The van der Waals surface area contributed by atoms with Crippen molar-refractivity contribution in [3.05, 3.63) is 23.4 Å². The van der Waals surface area contributed by atoms with Crippen LogP contribution in [0.15, 0.2) is 23.4 Å². The molecule has 0 amide bonds. The second-order valence-corrected chi connectivity index (χ2v) is 6.50. The van der Waals surface area contributed by atoms with Gasteiger partial charge in [0, 0.05) is 25.3 Å². The van der Waals surface area contributed by atoms with E-state index in [1.807, 2.05) is 0 Å². The lowest BCUT2D eigenvalue weighted by Crippen LogP contribution is -2.47. The molecule has 1 aliphatic rings. The van der Waals surface area contributed by atoms with Crippen molar-refractivity contribution in [3.63, 3.8) is 0 Å². The van der Waals surface area contributed by atoms with Crippen LogP contribution in [0.4, 0.5) is 0 Å². The van der Waals surface area contributed by atoms with Gasteiger partial charge in [-0.15, -0.1) is 0 Å². The zero-order chi connectivity index (χ0) is 13.2. The lowest BCUT2D eigenvalue weighted by molar-refractivity contribution is 0.257. The van der Waals surface area contributed by atoms with Crippen molar-refractivity contribution >= 4 is 21.6 Å². The Kier molecular flexibility index (Phi) is 4.21. The van der Waals surface area contributed by atoms with E-state index < -0.39 is 10.0 Å². The summed E-state index contributed by atoms with van der Waals surface area (Å²) in [5.74, 6) is 0. The molecule has 7 heteroatoms. The summed E-state index contributed by atoms with van der Waals surface area (Å²) < 4.78 is 26.4. The molecule has 0 saturated carbocycles. The third-order valence-electron chi connectivity index (χ3n) is 3.12. The van der Waals surface area contributed by atoms with E-state index >= 15 is 0 Å². The molecule has 2 heterocycles. The molecule has 18 heavy (non-hydrogen) atoms. The fourth-order valence-corrected chi connectivity index (χ4v) is 4.30. The standard InChI is InChI=1S/C11H16ClN3O2S/c12-10-5-3-6-14-11(10)18(16,17)15-7-2-1-4-9(15)8-13/h3,5-6,9H,1-2,4,7-8,13H2. The molecule has 2 N–H and O–H groups in total. The number of sulfonamides is 1. The summed E-state index contributed by atoms with van der Waals surface area (Å²) in [6, 6.07) is 2.99. The summed E-state index contributed by atoms with van der Waals surface area (Å²) >= 11 is 5.92. The van der Waals surface area contributed by atoms with Gasteiger partial charge in [0.05, 0.1) is 5.02 Å². The molecule has 1 aromatic rings. The first kappa shape index (κ1) is 13.7. The number of pyridine rings is 1. The summed E-state index contributed by atoms with van der Waals surface area (Å²) in [6.07, 6.45) is 4.07. The minimum Gasteiger partial charge on any atom is -0.329 e. The van der Waals surface area contributed by atoms with Gasteiger partial charge in [0.25, 0.3) is 10.0 Å². The van der Waals surface area contributed by atoms with Crippen LogP contribution in [0.2, 0.25) is 5.02 Å². The molecule has 0 radical (unpaired) electrons. The van der Waals surface area contributed by atoms with Gasteiger partial charge in [0.2, 0.25) is 0 Å². The van der Waals surface area contributed by atoms with Gasteiger partial charge in [-0.2, -0.15) is 4.31 Å². The van der Waals surface area contributed by atoms with Crippen LogP contribution in [0.3, 0.4) is 0 Å². The van der Waals surface area contributed by atoms with Gasteiger partial charge in [-0.25, -0.2) is 13.4 Å². The molecule has 1 unspecified atom stereocenters. The monoisotopic (exact) mass is 289 g/mol. The molecule has 1 aliphatic heterocycles. The lowest BCUT2D eigenvalue weighted by Gasteiger charge is -2.33. The highest BCUT2D eigenvalue weighted by atomic mass is 35.5. The number of aromatic nitrogens is 1. The fourth-order valence-electron chi connectivity index (χ4n) is 2.20. The van der Waals surface area contributed by atoms with E-state index in [2.05, 4.69) is 4.98 Å². The Hall–Kier alpha value is -0.690. The van der Waals surface area contributed by atoms with E-state index in [4.69, 9.17) is 17.3 Å². The third kappa shape index (κ3) is 2.51. The SMILES string of the molecule is NCC1CCCCN1S(=O)(=O)c1ncccc1Cl. The van der Waals surface area contributed by atoms with Crippen LogP contribution in [-0.2, 0) is 10.0 Å². The summed E-state index contributed by atoms with van der Waals surface area (Å²) in [7, 11) is -3.64.